The minimum atomic E-state index is -0.181. The van der Waals surface area contributed by atoms with E-state index in [4.69, 9.17) is 33.7 Å². The van der Waals surface area contributed by atoms with Crippen LogP contribution in [0.15, 0.2) is 36.4 Å². The summed E-state index contributed by atoms with van der Waals surface area (Å²) >= 11 is 3.01. The zero-order valence-corrected chi connectivity index (χ0v) is 28.0. The van der Waals surface area contributed by atoms with Crippen LogP contribution < -0.4 is 119 Å². The molecule has 0 fully saturated rings. The number of alkyl halides is 1. The van der Waals surface area contributed by atoms with Crippen LogP contribution in [0, 0.1) is 24.7 Å². The fraction of sp³-hybridized carbons (Fsp3) is 0.320. The van der Waals surface area contributed by atoms with Gasteiger partial charge in [0, 0.05) is 12.1 Å². The van der Waals surface area contributed by atoms with Gasteiger partial charge in [0.15, 0.2) is 0 Å². The van der Waals surface area contributed by atoms with Gasteiger partial charge in [0.05, 0.1) is 11.9 Å². The van der Waals surface area contributed by atoms with Gasteiger partial charge in [-0.15, -0.1) is 12.8 Å². The van der Waals surface area contributed by atoms with Gasteiger partial charge in [-0.2, -0.15) is 0 Å². The van der Waals surface area contributed by atoms with Crippen LogP contribution in [0.1, 0.15) is 48.6 Å². The molecule has 2 aromatic carbocycles. The molecule has 35 heavy (non-hydrogen) atoms. The second-order valence-corrected chi connectivity index (χ2v) is 7.68. The number of hydrogen-bond donors (Lipinski definition) is 4. The van der Waals surface area contributed by atoms with Gasteiger partial charge in [-0.05, 0) is 72.2 Å². The molecule has 0 radical (unpaired) electrons. The Labute approximate surface area is 302 Å². The van der Waals surface area contributed by atoms with Gasteiger partial charge >= 0.3 is 103 Å². The van der Waals surface area contributed by atoms with E-state index in [2.05, 4.69) is 38.0 Å². The summed E-state index contributed by atoms with van der Waals surface area (Å²) < 4.78 is 0. The van der Waals surface area contributed by atoms with Gasteiger partial charge < -0.3 is 27.5 Å². The first-order valence-electron chi connectivity index (χ1n) is 10.2. The second-order valence-electron chi connectivity index (χ2n) is 7.12. The molecule has 178 valence electrons. The zero-order valence-electron chi connectivity index (χ0n) is 21.2. The fourth-order valence-corrected chi connectivity index (χ4v) is 3.61. The van der Waals surface area contributed by atoms with Gasteiger partial charge in [-0.25, -0.2) is 0 Å². The number of carbonyl (C=O) groups excluding carboxylic acids is 1. The molecule has 0 unspecified atom stereocenters. The summed E-state index contributed by atoms with van der Waals surface area (Å²) in [6.45, 7) is 0.403. The molecule has 0 amide bonds. The molecule has 0 saturated carbocycles. The molecule has 2 aliphatic rings. The topological polar surface area (TPSA) is 128 Å². The van der Waals surface area contributed by atoms with Crippen LogP contribution in [-0.4, -0.2) is 28.6 Å². The first-order valence-corrected chi connectivity index (χ1v) is 11.3. The quantitative estimate of drug-likeness (QED) is 0.0725. The molecule has 4 rings (SSSR count). The monoisotopic (exact) mass is 594 g/mol. The van der Waals surface area contributed by atoms with E-state index in [9.17, 15) is 5.11 Å². The summed E-state index contributed by atoms with van der Waals surface area (Å²) in [7, 11) is 0. The molecule has 7 nitrogen and oxygen atoms in total. The van der Waals surface area contributed by atoms with Crippen molar-refractivity contribution >= 4 is 22.4 Å². The standard InChI is InChI=1S/C12H13NO.C9H11NO.C3H3Br.CH2O3.2K.H/c1-2-7-13-12-6-4-9-3-5-10(14)8-11(9)12;10-9-4-2-6-1-3-7(11)5-8(6)9;1-2-3-4;2-1-4-3;;;/h1,3,5,8,12-14H,4,6-7H2;1,3,5,9,11H,2,4,10H2;1H,3H2;1,3H;;;/q;;;;2*+1;-1/p-1/t12-;9-;;;;;/m11...../s1. The number of terminal acetylenes is 2. The van der Waals surface area contributed by atoms with Crippen LogP contribution in [0.2, 0.25) is 0 Å². The molecule has 0 spiro atoms. The van der Waals surface area contributed by atoms with Crippen LogP contribution in [0.4, 0.5) is 0 Å². The molecule has 2 aliphatic carbocycles. The molecule has 10 heteroatoms. The van der Waals surface area contributed by atoms with Crippen molar-refractivity contribution in [3.8, 4) is 36.2 Å². The van der Waals surface area contributed by atoms with E-state index in [-0.39, 0.29) is 117 Å². The van der Waals surface area contributed by atoms with E-state index in [1.807, 2.05) is 18.2 Å². The summed E-state index contributed by atoms with van der Waals surface area (Å²) in [4.78, 5) is 11.2. The minimum absolute atomic E-state index is 0. The number of nitrogens with one attached hydrogen (secondary N) is 1. The average Bonchev–Trinajstić information content (AvgIpc) is 3.41. The van der Waals surface area contributed by atoms with Crippen molar-refractivity contribution in [3.63, 3.8) is 0 Å². The molecule has 0 aliphatic heterocycles. The van der Waals surface area contributed by atoms with Crippen LogP contribution in [0.25, 0.3) is 0 Å². The maximum atomic E-state index is 9.37. The number of nitrogens with two attached hydrogens (primary N) is 1. The maximum Gasteiger partial charge on any atom is 1.00 e. The average molecular weight is 596 g/mol. The van der Waals surface area contributed by atoms with Gasteiger partial charge in [-0.1, -0.05) is 39.9 Å². The predicted molar refractivity (Wildman–Crippen MR) is 130 cm³/mol. The Morgan fingerprint density at radius 1 is 1.09 bits per heavy atom. The van der Waals surface area contributed by atoms with Crippen molar-refractivity contribution in [3.05, 3.63) is 58.7 Å². The Morgan fingerprint density at radius 2 is 1.57 bits per heavy atom. The summed E-state index contributed by atoms with van der Waals surface area (Å²) in [6.07, 6.45) is 14.1. The molecule has 5 N–H and O–H groups in total. The van der Waals surface area contributed by atoms with Crippen LogP contribution in [0.5, 0.6) is 11.5 Å². The molecular formula is C25H29BrK2N2O5. The smallest absolute Gasteiger partial charge is 1.00 e. The number of phenols is 2. The molecule has 0 aromatic heterocycles. The third-order valence-corrected chi connectivity index (χ3v) is 5.35. The number of halogens is 1. The third kappa shape index (κ3) is 14.1. The van der Waals surface area contributed by atoms with Crippen molar-refractivity contribution < 1.29 is 129 Å². The largest absolute Gasteiger partial charge is 1.00 e. The van der Waals surface area contributed by atoms with Gasteiger partial charge in [0.2, 0.25) is 0 Å². The molecule has 0 heterocycles. The predicted octanol–water partition coefficient (Wildman–Crippen LogP) is -3.49. The number of carbonyl (C=O) groups is 1. The molecule has 0 bridgehead atoms. The fourth-order valence-electron chi connectivity index (χ4n) is 3.61. The summed E-state index contributed by atoms with van der Waals surface area (Å²) in [6, 6.07) is 11.5. The van der Waals surface area contributed by atoms with Gasteiger partial charge in [0.1, 0.15) is 11.5 Å². The Bertz CT molecular complexity index is 986. The number of aromatic hydroxyl groups is 2. The number of hydrogen-bond acceptors (Lipinski definition) is 7. The first kappa shape index (κ1) is 37.4. The minimum Gasteiger partial charge on any atom is -1.00 e. The molecule has 2 aromatic rings. The first-order chi connectivity index (χ1) is 15.9. The van der Waals surface area contributed by atoms with Crippen molar-refractivity contribution in [2.75, 3.05) is 11.9 Å². The Morgan fingerprint density at radius 3 is 2.06 bits per heavy atom. The van der Waals surface area contributed by atoms with Crippen LogP contribution in [0.3, 0.4) is 0 Å². The number of fused-ring (bicyclic) bond motifs is 2. The van der Waals surface area contributed by atoms with E-state index in [1.54, 1.807) is 18.2 Å². The number of benzene rings is 2. The van der Waals surface area contributed by atoms with E-state index in [0.717, 1.165) is 31.2 Å². The maximum absolute atomic E-state index is 9.37. The summed E-state index contributed by atoms with van der Waals surface area (Å²) in [5.41, 5.74) is 10.7. The van der Waals surface area contributed by atoms with Crippen molar-refractivity contribution in [1.29, 1.82) is 0 Å². The zero-order chi connectivity index (χ0) is 24.6. The van der Waals surface area contributed by atoms with Gasteiger partial charge in [0.25, 0.3) is 6.47 Å². The second kappa shape index (κ2) is 22.3. The van der Waals surface area contributed by atoms with Crippen LogP contribution >= 0.6 is 15.9 Å². The summed E-state index contributed by atoms with van der Waals surface area (Å²) in [5, 5.41) is 30.9. The van der Waals surface area contributed by atoms with E-state index < -0.39 is 0 Å². The van der Waals surface area contributed by atoms with E-state index in [0.29, 0.717) is 29.4 Å². The molecular weight excluding hydrogens is 566 g/mol. The SMILES string of the molecule is C#CCBr.C#CCN[C@@H]1CCc2ccc(O)cc21.N[C@@H]1CCc2ccc(O)cc21.O=CO[O-].[H-].[K+].[K+]. The van der Waals surface area contributed by atoms with Crippen molar-refractivity contribution in [2.24, 2.45) is 5.73 Å². The summed E-state index contributed by atoms with van der Waals surface area (Å²) in [5.74, 6) is 5.57. The van der Waals surface area contributed by atoms with Crippen LogP contribution in [-0.2, 0) is 22.5 Å². The normalized spacial score (nSPS) is 15.6. The van der Waals surface area contributed by atoms with Crippen molar-refractivity contribution in [1.82, 2.24) is 5.32 Å². The van der Waals surface area contributed by atoms with Crippen molar-refractivity contribution in [2.45, 2.75) is 37.8 Å². The van der Waals surface area contributed by atoms with E-state index in [1.165, 1.54) is 16.7 Å². The number of phenolic OH excluding ortho intramolecular Hbond substituents is 2. The van der Waals surface area contributed by atoms with Gasteiger partial charge in [-0.3, -0.25) is 10.1 Å². The number of aryl methyl sites for hydroxylation is 2. The Kier molecular flexibility index (Phi) is 23.8. The Hall–Kier alpha value is 0.263. The van der Waals surface area contributed by atoms with E-state index >= 15 is 0 Å². The number of rotatable bonds is 3. The third-order valence-electron chi connectivity index (χ3n) is 5.03. The molecule has 2 atom stereocenters. The molecule has 0 saturated heterocycles. The Balaban J connectivity index is -0.000000445.